The van der Waals surface area contributed by atoms with Gasteiger partial charge in [0, 0.05) is 29.4 Å². The van der Waals surface area contributed by atoms with Crippen molar-refractivity contribution in [2.24, 2.45) is 11.3 Å². The number of nitrogens with zero attached hydrogens (tertiary/aromatic N) is 1. The van der Waals surface area contributed by atoms with Crippen molar-refractivity contribution in [2.45, 2.75) is 58.0 Å². The number of carbonyl (C=O) groups excluding carboxylic acids is 1. The number of ether oxygens (including phenoxy) is 1. The van der Waals surface area contributed by atoms with Crippen LogP contribution in [-0.4, -0.2) is 37.0 Å². The molecular weight excluding hydrogens is 645 g/mol. The quantitative estimate of drug-likeness (QED) is 0.231. The van der Waals surface area contributed by atoms with Crippen molar-refractivity contribution in [1.29, 1.82) is 0 Å². The van der Waals surface area contributed by atoms with E-state index >= 15 is 0 Å². The summed E-state index contributed by atoms with van der Waals surface area (Å²) in [6, 6.07) is 19.2. The fraction of sp³-hybridized carbons (Fsp3) is 0.343. The van der Waals surface area contributed by atoms with Gasteiger partial charge < -0.3 is 20.5 Å². The van der Waals surface area contributed by atoms with E-state index in [1.807, 2.05) is 76.2 Å². The first-order valence-corrected chi connectivity index (χ1v) is 17.4. The van der Waals surface area contributed by atoms with Crippen molar-refractivity contribution >= 4 is 44.9 Å². The van der Waals surface area contributed by atoms with Crippen LogP contribution in [0.4, 0.5) is 10.5 Å². The molecule has 2 amide bonds. The Hall–Kier alpha value is -3.50. The molecule has 11 heteroatoms. The van der Waals surface area contributed by atoms with Crippen molar-refractivity contribution in [3.63, 3.8) is 0 Å². The molecule has 0 saturated carbocycles. The molecule has 3 aromatic carbocycles. The van der Waals surface area contributed by atoms with E-state index < -0.39 is 27.6 Å². The largest absolute Gasteiger partial charge is 0.506 e. The smallest absolute Gasteiger partial charge is 0.323 e. The van der Waals surface area contributed by atoms with Crippen LogP contribution in [-0.2, 0) is 21.2 Å². The predicted octanol–water partition coefficient (Wildman–Crippen LogP) is 8.54. The van der Waals surface area contributed by atoms with E-state index in [0.717, 1.165) is 16.7 Å². The normalized spacial score (nSPS) is 18.1. The Kier molecular flexibility index (Phi) is 10.1. The zero-order chi connectivity index (χ0) is 33.2. The van der Waals surface area contributed by atoms with E-state index in [1.54, 1.807) is 6.26 Å². The molecule has 0 radical (unpaired) electrons. The molecule has 1 unspecified atom stereocenters. The minimum atomic E-state index is -3.75. The molecule has 0 bridgehead atoms. The number of allylic oxidation sites excluding steroid dienone is 1. The average Bonchev–Trinajstić information content (AvgIpc) is 2.99. The fourth-order valence-corrected chi connectivity index (χ4v) is 7.97. The van der Waals surface area contributed by atoms with Crippen molar-refractivity contribution in [2.75, 3.05) is 18.4 Å². The summed E-state index contributed by atoms with van der Waals surface area (Å²) in [5.41, 5.74) is 3.87. The molecule has 46 heavy (non-hydrogen) atoms. The topological polar surface area (TPSA) is 108 Å². The van der Waals surface area contributed by atoms with Gasteiger partial charge in [-0.1, -0.05) is 92.0 Å². The molecule has 0 aromatic heterocycles. The van der Waals surface area contributed by atoms with E-state index in [9.17, 15) is 18.3 Å². The number of anilines is 1. The van der Waals surface area contributed by atoms with Gasteiger partial charge in [-0.3, -0.25) is 0 Å². The summed E-state index contributed by atoms with van der Waals surface area (Å²) >= 11 is 12.2. The van der Waals surface area contributed by atoms with Gasteiger partial charge in [-0.2, -0.15) is 4.31 Å². The number of aliphatic hydroxyl groups excluding tert-OH is 1. The number of sulfonamides is 1. The molecule has 2 aliphatic heterocycles. The molecule has 244 valence electrons. The summed E-state index contributed by atoms with van der Waals surface area (Å²) < 4.78 is 34.1. The predicted molar refractivity (Wildman–Crippen MR) is 182 cm³/mol. The molecule has 8 nitrogen and oxygen atoms in total. The highest BCUT2D eigenvalue weighted by Crippen LogP contribution is 2.40. The lowest BCUT2D eigenvalue weighted by Crippen LogP contribution is -2.39. The maximum absolute atomic E-state index is 13.5. The zero-order valence-electron chi connectivity index (χ0n) is 26.3. The van der Waals surface area contributed by atoms with Gasteiger partial charge in [0.15, 0.2) is 6.10 Å². The monoisotopic (exact) mass is 683 g/mol. The second-order valence-electron chi connectivity index (χ2n) is 12.8. The van der Waals surface area contributed by atoms with Crippen molar-refractivity contribution in [3.8, 4) is 0 Å². The van der Waals surface area contributed by atoms with Gasteiger partial charge >= 0.3 is 6.03 Å². The van der Waals surface area contributed by atoms with Gasteiger partial charge in [0.2, 0.25) is 10.0 Å². The summed E-state index contributed by atoms with van der Waals surface area (Å²) in [7, 11) is -3.75. The summed E-state index contributed by atoms with van der Waals surface area (Å²) in [4.78, 5) is 13.5. The highest BCUT2D eigenvalue weighted by molar-refractivity contribution is 7.89. The third-order valence-corrected chi connectivity index (χ3v) is 11.0. The summed E-state index contributed by atoms with van der Waals surface area (Å²) in [5.74, 6) is 0.191. The van der Waals surface area contributed by atoms with Crippen LogP contribution in [0.3, 0.4) is 0 Å². The minimum Gasteiger partial charge on any atom is -0.506 e. The van der Waals surface area contributed by atoms with E-state index in [4.69, 9.17) is 27.9 Å². The number of amides is 2. The van der Waals surface area contributed by atoms with Crippen molar-refractivity contribution in [1.82, 2.24) is 9.62 Å². The van der Waals surface area contributed by atoms with Gasteiger partial charge in [0.25, 0.3) is 0 Å². The summed E-state index contributed by atoms with van der Waals surface area (Å²) in [6.45, 7) is 8.60. The van der Waals surface area contributed by atoms with Gasteiger partial charge in [-0.25, -0.2) is 13.2 Å². The van der Waals surface area contributed by atoms with Crippen LogP contribution < -0.4 is 10.6 Å². The molecule has 3 aromatic rings. The zero-order valence-corrected chi connectivity index (χ0v) is 28.6. The number of hydrogen-bond donors (Lipinski definition) is 3. The molecule has 1 atom stereocenters. The van der Waals surface area contributed by atoms with Gasteiger partial charge in [-0.15, -0.1) is 0 Å². The van der Waals surface area contributed by atoms with E-state index in [1.165, 1.54) is 22.5 Å². The van der Waals surface area contributed by atoms with Crippen LogP contribution in [0.5, 0.6) is 0 Å². The van der Waals surface area contributed by atoms with Crippen LogP contribution >= 0.6 is 23.2 Å². The van der Waals surface area contributed by atoms with Crippen LogP contribution in [0.2, 0.25) is 10.0 Å². The molecule has 2 aliphatic rings. The first-order chi connectivity index (χ1) is 21.7. The molecule has 1 saturated heterocycles. The van der Waals surface area contributed by atoms with E-state index in [2.05, 4.69) is 10.6 Å². The van der Waals surface area contributed by atoms with Gasteiger partial charge in [0.05, 0.1) is 11.3 Å². The second-order valence-corrected chi connectivity index (χ2v) is 15.6. The number of benzene rings is 3. The highest BCUT2D eigenvalue weighted by Gasteiger charge is 2.34. The number of carbonyl (C=O) groups is 1. The number of aryl methyl sites for hydroxylation is 1. The Balaban J connectivity index is 1.28. The average molecular weight is 685 g/mol. The van der Waals surface area contributed by atoms with Crippen LogP contribution in [0.15, 0.2) is 94.9 Å². The number of urea groups is 1. The number of rotatable bonds is 7. The summed E-state index contributed by atoms with van der Waals surface area (Å²) in [5, 5.41) is 17.7. The summed E-state index contributed by atoms with van der Waals surface area (Å²) in [6.07, 6.45) is 2.84. The third kappa shape index (κ3) is 7.55. The Morgan fingerprint density at radius 3 is 2.33 bits per heavy atom. The number of aliphatic hydroxyl groups is 1. The first-order valence-electron chi connectivity index (χ1n) is 15.2. The van der Waals surface area contributed by atoms with Crippen LogP contribution in [0.1, 0.15) is 56.4 Å². The van der Waals surface area contributed by atoms with Gasteiger partial charge in [-0.05, 0) is 72.9 Å². The van der Waals surface area contributed by atoms with Crippen LogP contribution in [0, 0.1) is 18.3 Å². The maximum Gasteiger partial charge on any atom is 0.323 e. The lowest BCUT2D eigenvalue weighted by Gasteiger charge is -2.32. The third-order valence-electron chi connectivity index (χ3n) is 8.39. The molecule has 0 aliphatic carbocycles. The Morgan fingerprint density at radius 1 is 1.00 bits per heavy atom. The molecule has 3 N–H and O–H groups in total. The first kappa shape index (κ1) is 33.9. The van der Waals surface area contributed by atoms with E-state index in [-0.39, 0.29) is 27.3 Å². The highest BCUT2D eigenvalue weighted by atomic mass is 35.5. The Morgan fingerprint density at radius 2 is 1.67 bits per heavy atom. The standard InChI is InChI=1S/C35H39Cl2N3O5S/c1-22-9-11-24(12-10-22)33-31(32(41)27(21-45-33)35(2,3)4)39-34(42)38-29-8-6-5-7-25(29)19-23-15-17-40(18-16-23)46(43,44)30-14-13-26(36)20-28(30)37/h5-14,20-21,23,33,41H,15-19H2,1-4H3,(H2,38,39,42). The maximum atomic E-state index is 13.5. The van der Waals surface area contributed by atoms with Crippen molar-refractivity contribution < 1.29 is 23.1 Å². The Bertz CT molecular complexity index is 1770. The van der Waals surface area contributed by atoms with Gasteiger partial charge in [0.1, 0.15) is 16.4 Å². The lowest BCUT2D eigenvalue weighted by atomic mass is 9.84. The number of para-hydroxylation sites is 1. The fourth-order valence-electron chi connectivity index (χ4n) is 5.76. The van der Waals surface area contributed by atoms with E-state index in [0.29, 0.717) is 48.6 Å². The number of nitrogens with one attached hydrogen (secondary N) is 2. The minimum absolute atomic E-state index is 0.0191. The molecule has 1 fully saturated rings. The SMILES string of the molecule is Cc1ccc(C2OC=C(C(C)(C)C)C(O)=C2NC(=O)Nc2ccccc2CC2CCN(S(=O)(=O)c3ccc(Cl)cc3Cl)CC2)cc1. The molecule has 0 spiro atoms. The molecule has 5 rings (SSSR count). The lowest BCUT2D eigenvalue weighted by molar-refractivity contribution is 0.144. The van der Waals surface area contributed by atoms with Crippen molar-refractivity contribution in [3.05, 3.63) is 117 Å². The van der Waals surface area contributed by atoms with Crippen LogP contribution in [0.25, 0.3) is 0 Å². The Labute approximate surface area is 281 Å². The number of piperidine rings is 1. The molecule has 2 heterocycles. The number of hydrogen-bond acceptors (Lipinski definition) is 5. The molecular formula is C35H39Cl2N3O5S. The number of halogens is 2. The second kappa shape index (κ2) is 13.7.